The van der Waals surface area contributed by atoms with Gasteiger partial charge in [-0.25, -0.2) is 13.1 Å². The van der Waals surface area contributed by atoms with E-state index in [9.17, 15) is 8.42 Å². The average Bonchev–Trinajstić information content (AvgIpc) is 2.38. The van der Waals surface area contributed by atoms with Gasteiger partial charge < -0.3 is 14.8 Å². The highest BCUT2D eigenvalue weighted by atomic mass is 32.2. The van der Waals surface area contributed by atoms with Crippen molar-refractivity contribution in [1.29, 1.82) is 0 Å². The molecule has 3 N–H and O–H groups in total. The molecule has 1 rings (SSSR count). The standard InChI is InChI=1S/C11H18BNO5S/c1-3-4-7-13-19(16,17)11-8-9(12(14)15)5-6-10(11)18-2/h5-6,8,13-15H,3-4,7H2,1-2H3. The zero-order valence-corrected chi connectivity index (χ0v) is 11.8. The van der Waals surface area contributed by atoms with Crippen molar-refractivity contribution in [2.45, 2.75) is 24.7 Å². The van der Waals surface area contributed by atoms with Crippen molar-refractivity contribution < 1.29 is 23.2 Å². The summed E-state index contributed by atoms with van der Waals surface area (Å²) < 4.78 is 31.7. The van der Waals surface area contributed by atoms with Crippen molar-refractivity contribution in [3.05, 3.63) is 18.2 Å². The summed E-state index contributed by atoms with van der Waals surface area (Å²) in [6, 6.07) is 3.98. The third kappa shape index (κ3) is 4.20. The second-order valence-electron chi connectivity index (χ2n) is 4.04. The first-order valence-corrected chi connectivity index (χ1v) is 7.44. The van der Waals surface area contributed by atoms with Gasteiger partial charge in [0, 0.05) is 6.54 Å². The zero-order valence-electron chi connectivity index (χ0n) is 11.0. The number of benzene rings is 1. The Hall–Kier alpha value is -1.09. The van der Waals surface area contributed by atoms with E-state index in [4.69, 9.17) is 14.8 Å². The van der Waals surface area contributed by atoms with Gasteiger partial charge in [0.2, 0.25) is 10.0 Å². The Labute approximate surface area is 113 Å². The van der Waals surface area contributed by atoms with Gasteiger partial charge in [0.05, 0.1) is 7.11 Å². The molecule has 0 unspecified atom stereocenters. The van der Waals surface area contributed by atoms with Crippen LogP contribution >= 0.6 is 0 Å². The normalized spacial score (nSPS) is 11.4. The van der Waals surface area contributed by atoms with Crippen LogP contribution in [0.15, 0.2) is 23.1 Å². The molecule has 0 saturated carbocycles. The molecule has 0 bridgehead atoms. The molecule has 106 valence electrons. The lowest BCUT2D eigenvalue weighted by atomic mass is 9.80. The number of unbranched alkanes of at least 4 members (excludes halogenated alkanes) is 1. The van der Waals surface area contributed by atoms with Crippen LogP contribution in [0.5, 0.6) is 5.75 Å². The fraction of sp³-hybridized carbons (Fsp3) is 0.455. The third-order valence-electron chi connectivity index (χ3n) is 2.60. The molecule has 0 aliphatic rings. The molecule has 0 aromatic heterocycles. The lowest BCUT2D eigenvalue weighted by molar-refractivity contribution is 0.402. The number of methoxy groups -OCH3 is 1. The van der Waals surface area contributed by atoms with Crippen molar-refractivity contribution in [3.8, 4) is 5.75 Å². The van der Waals surface area contributed by atoms with Gasteiger partial charge in [-0.05, 0) is 24.0 Å². The second-order valence-corrected chi connectivity index (χ2v) is 5.77. The second kappa shape index (κ2) is 6.90. The van der Waals surface area contributed by atoms with E-state index >= 15 is 0 Å². The van der Waals surface area contributed by atoms with Gasteiger partial charge in [0.1, 0.15) is 10.6 Å². The van der Waals surface area contributed by atoms with Crippen LogP contribution < -0.4 is 14.9 Å². The SMILES string of the molecule is CCCCNS(=O)(=O)c1cc(B(O)O)ccc1OC. The highest BCUT2D eigenvalue weighted by Crippen LogP contribution is 2.21. The van der Waals surface area contributed by atoms with Crippen LogP contribution in [0.25, 0.3) is 0 Å². The monoisotopic (exact) mass is 287 g/mol. The maximum atomic E-state index is 12.1. The minimum absolute atomic E-state index is 0.0941. The molecule has 8 heteroatoms. The molecule has 0 aliphatic carbocycles. The predicted molar refractivity (Wildman–Crippen MR) is 72.9 cm³/mol. The summed E-state index contributed by atoms with van der Waals surface area (Å²) in [4.78, 5) is -0.100. The highest BCUT2D eigenvalue weighted by Gasteiger charge is 2.22. The largest absolute Gasteiger partial charge is 0.495 e. The molecule has 1 aromatic rings. The van der Waals surface area contributed by atoms with E-state index < -0.39 is 17.1 Å². The average molecular weight is 287 g/mol. The van der Waals surface area contributed by atoms with E-state index in [-0.39, 0.29) is 16.1 Å². The molecular weight excluding hydrogens is 269 g/mol. The van der Waals surface area contributed by atoms with E-state index in [2.05, 4.69) is 4.72 Å². The lowest BCUT2D eigenvalue weighted by Crippen LogP contribution is -2.32. The number of sulfonamides is 1. The summed E-state index contributed by atoms with van der Waals surface area (Å²) >= 11 is 0. The molecule has 0 aliphatic heterocycles. The van der Waals surface area contributed by atoms with E-state index in [1.807, 2.05) is 6.92 Å². The first-order valence-electron chi connectivity index (χ1n) is 5.96. The van der Waals surface area contributed by atoms with Gasteiger partial charge in [0.25, 0.3) is 0 Å². The van der Waals surface area contributed by atoms with E-state index in [0.29, 0.717) is 6.54 Å². The molecule has 0 spiro atoms. The Balaban J connectivity index is 3.11. The van der Waals surface area contributed by atoms with Crippen LogP contribution in [0.4, 0.5) is 0 Å². The summed E-state index contributed by atoms with van der Waals surface area (Å²) in [6.45, 7) is 2.28. The summed E-state index contributed by atoms with van der Waals surface area (Å²) in [7, 11) is -4.10. The quantitative estimate of drug-likeness (QED) is 0.462. The number of nitrogens with one attached hydrogen (secondary N) is 1. The molecule has 6 nitrogen and oxygen atoms in total. The van der Waals surface area contributed by atoms with Crippen LogP contribution in [0, 0.1) is 0 Å². The van der Waals surface area contributed by atoms with Crippen molar-refractivity contribution in [1.82, 2.24) is 4.72 Å². The van der Waals surface area contributed by atoms with Gasteiger partial charge in [-0.15, -0.1) is 0 Å². The summed E-state index contributed by atoms with van der Waals surface area (Å²) in [5, 5.41) is 18.2. The molecule has 1 aromatic carbocycles. The fourth-order valence-electron chi connectivity index (χ4n) is 1.52. The molecule has 0 radical (unpaired) electrons. The van der Waals surface area contributed by atoms with Gasteiger partial charge in [-0.1, -0.05) is 19.4 Å². The highest BCUT2D eigenvalue weighted by molar-refractivity contribution is 7.89. The molecular formula is C11H18BNO5S. The Morgan fingerprint density at radius 3 is 2.58 bits per heavy atom. The maximum absolute atomic E-state index is 12.1. The molecule has 0 amide bonds. The van der Waals surface area contributed by atoms with Gasteiger partial charge in [0.15, 0.2) is 0 Å². The van der Waals surface area contributed by atoms with Crippen molar-refractivity contribution in [3.63, 3.8) is 0 Å². The Morgan fingerprint density at radius 1 is 1.37 bits per heavy atom. The molecule has 0 heterocycles. The minimum Gasteiger partial charge on any atom is -0.495 e. The van der Waals surface area contributed by atoms with Crippen LogP contribution in [-0.4, -0.2) is 39.2 Å². The van der Waals surface area contributed by atoms with Crippen molar-refractivity contribution >= 4 is 22.6 Å². The Morgan fingerprint density at radius 2 is 2.05 bits per heavy atom. The van der Waals surface area contributed by atoms with Gasteiger partial charge in [-0.3, -0.25) is 0 Å². The van der Waals surface area contributed by atoms with Crippen LogP contribution in [-0.2, 0) is 10.0 Å². The third-order valence-corrected chi connectivity index (χ3v) is 4.08. The van der Waals surface area contributed by atoms with Crippen LogP contribution in [0.2, 0.25) is 0 Å². The number of ether oxygens (including phenoxy) is 1. The predicted octanol–water partition coefficient (Wildman–Crippen LogP) is -0.547. The van der Waals surface area contributed by atoms with Crippen LogP contribution in [0.1, 0.15) is 19.8 Å². The first kappa shape index (κ1) is 16.0. The fourth-order valence-corrected chi connectivity index (χ4v) is 2.80. The number of hydrogen-bond donors (Lipinski definition) is 3. The summed E-state index contributed by atoms with van der Waals surface area (Å²) in [5.41, 5.74) is 0.0941. The number of hydrogen-bond acceptors (Lipinski definition) is 5. The molecule has 0 saturated heterocycles. The maximum Gasteiger partial charge on any atom is 0.488 e. The van der Waals surface area contributed by atoms with Crippen molar-refractivity contribution in [2.75, 3.05) is 13.7 Å². The Kier molecular flexibility index (Phi) is 5.80. The van der Waals surface area contributed by atoms with E-state index in [1.54, 1.807) is 0 Å². The summed E-state index contributed by atoms with van der Waals surface area (Å²) in [5.74, 6) is 0.161. The van der Waals surface area contributed by atoms with E-state index in [0.717, 1.165) is 12.8 Å². The van der Waals surface area contributed by atoms with Crippen LogP contribution in [0.3, 0.4) is 0 Å². The number of rotatable bonds is 7. The van der Waals surface area contributed by atoms with Gasteiger partial charge in [-0.2, -0.15) is 0 Å². The first-order chi connectivity index (χ1) is 8.92. The van der Waals surface area contributed by atoms with Crippen molar-refractivity contribution in [2.24, 2.45) is 0 Å². The Bertz CT molecular complexity index is 518. The molecule has 0 atom stereocenters. The summed E-state index contributed by atoms with van der Waals surface area (Å²) in [6.07, 6.45) is 1.60. The molecule has 19 heavy (non-hydrogen) atoms. The smallest absolute Gasteiger partial charge is 0.488 e. The minimum atomic E-state index is -3.73. The molecule has 0 fully saturated rings. The van der Waals surface area contributed by atoms with E-state index in [1.165, 1.54) is 25.3 Å². The lowest BCUT2D eigenvalue weighted by Gasteiger charge is -2.12. The topological polar surface area (TPSA) is 95.9 Å². The van der Waals surface area contributed by atoms with Gasteiger partial charge >= 0.3 is 7.12 Å². The zero-order chi connectivity index (χ0) is 14.5.